The van der Waals surface area contributed by atoms with E-state index >= 15 is 0 Å². The van der Waals surface area contributed by atoms with Crippen molar-refractivity contribution >= 4 is 5.91 Å². The summed E-state index contributed by atoms with van der Waals surface area (Å²) < 4.78 is 1.93. The Hall–Kier alpha value is -1.43. The minimum atomic E-state index is -0.791. The molecular weight excluding hydrogens is 266 g/mol. The Bertz CT molecular complexity index is 506. The average molecular weight is 293 g/mol. The predicted octanol–water partition coefficient (Wildman–Crippen LogP) is 1.35. The Kier molecular flexibility index (Phi) is 4.66. The highest BCUT2D eigenvalue weighted by Gasteiger charge is 2.31. The summed E-state index contributed by atoms with van der Waals surface area (Å²) in [5.41, 5.74) is 5.29. The molecule has 1 aliphatic rings. The van der Waals surface area contributed by atoms with E-state index < -0.39 is 5.54 Å². The molecule has 0 saturated heterocycles. The molecule has 1 aliphatic heterocycles. The predicted molar refractivity (Wildman–Crippen MR) is 81.9 cm³/mol. The van der Waals surface area contributed by atoms with Crippen LogP contribution in [0.4, 0.5) is 0 Å². The van der Waals surface area contributed by atoms with Gasteiger partial charge in [-0.2, -0.15) is 5.10 Å². The average Bonchev–Trinajstić information content (AvgIpc) is 2.81. The zero-order chi connectivity index (χ0) is 15.6. The van der Waals surface area contributed by atoms with E-state index in [-0.39, 0.29) is 11.9 Å². The fourth-order valence-electron chi connectivity index (χ4n) is 2.67. The smallest absolute Gasteiger partial charge is 0.240 e. The molecule has 6 heteroatoms. The van der Waals surface area contributed by atoms with Crippen LogP contribution in [0.15, 0.2) is 0 Å². The van der Waals surface area contributed by atoms with Crippen molar-refractivity contribution in [3.8, 4) is 0 Å². The van der Waals surface area contributed by atoms with E-state index in [0.29, 0.717) is 18.9 Å². The van der Waals surface area contributed by atoms with Crippen LogP contribution in [0.25, 0.3) is 0 Å². The minimum Gasteiger partial charge on any atom is -0.350 e. The number of carbonyl (C=O) groups is 1. The molecular formula is C15H27N5O. The SMILES string of the molecule is CCCC(C)(N)C(=O)NC1CCc2nc(C(C)C)nn2C1. The normalized spacial score (nSPS) is 21.0. The van der Waals surface area contributed by atoms with Gasteiger partial charge in [-0.15, -0.1) is 0 Å². The van der Waals surface area contributed by atoms with Gasteiger partial charge in [0.1, 0.15) is 5.82 Å². The maximum Gasteiger partial charge on any atom is 0.240 e. The lowest BCUT2D eigenvalue weighted by Gasteiger charge is -2.29. The summed E-state index contributed by atoms with van der Waals surface area (Å²) in [6.45, 7) is 8.69. The van der Waals surface area contributed by atoms with E-state index in [1.54, 1.807) is 6.92 Å². The number of aryl methyl sites for hydroxylation is 1. The molecule has 2 rings (SSSR count). The van der Waals surface area contributed by atoms with E-state index in [4.69, 9.17) is 5.73 Å². The van der Waals surface area contributed by atoms with Gasteiger partial charge in [0.25, 0.3) is 0 Å². The van der Waals surface area contributed by atoms with E-state index in [2.05, 4.69) is 29.2 Å². The zero-order valence-electron chi connectivity index (χ0n) is 13.5. The highest BCUT2D eigenvalue weighted by Crippen LogP contribution is 2.18. The molecule has 0 aromatic carbocycles. The largest absolute Gasteiger partial charge is 0.350 e. The molecule has 0 radical (unpaired) electrons. The quantitative estimate of drug-likeness (QED) is 0.858. The first kappa shape index (κ1) is 15.9. The molecule has 0 fully saturated rings. The van der Waals surface area contributed by atoms with Crippen LogP contribution in [0, 0.1) is 0 Å². The molecule has 6 nitrogen and oxygen atoms in total. The molecule has 0 aliphatic carbocycles. The fourth-order valence-corrected chi connectivity index (χ4v) is 2.67. The van der Waals surface area contributed by atoms with Crippen LogP contribution in [0.5, 0.6) is 0 Å². The van der Waals surface area contributed by atoms with Crippen LogP contribution in [-0.4, -0.2) is 32.3 Å². The summed E-state index contributed by atoms with van der Waals surface area (Å²) in [6.07, 6.45) is 3.33. The number of aromatic nitrogens is 3. The van der Waals surface area contributed by atoms with Gasteiger partial charge in [0, 0.05) is 18.4 Å². The molecule has 0 spiro atoms. The Balaban J connectivity index is 2.00. The topological polar surface area (TPSA) is 85.8 Å². The second kappa shape index (κ2) is 6.13. The van der Waals surface area contributed by atoms with Gasteiger partial charge in [0.2, 0.25) is 5.91 Å². The van der Waals surface area contributed by atoms with Crippen LogP contribution in [0.2, 0.25) is 0 Å². The summed E-state index contributed by atoms with van der Waals surface area (Å²) in [6, 6.07) is 0.0893. The molecule has 0 bridgehead atoms. The van der Waals surface area contributed by atoms with Crippen LogP contribution < -0.4 is 11.1 Å². The number of fused-ring (bicyclic) bond motifs is 1. The fraction of sp³-hybridized carbons (Fsp3) is 0.800. The molecule has 0 saturated carbocycles. The lowest BCUT2D eigenvalue weighted by atomic mass is 9.95. The van der Waals surface area contributed by atoms with Crippen LogP contribution >= 0.6 is 0 Å². The number of hydrogen-bond donors (Lipinski definition) is 2. The Morgan fingerprint density at radius 1 is 1.57 bits per heavy atom. The number of nitrogens with two attached hydrogens (primary N) is 1. The number of nitrogens with one attached hydrogen (secondary N) is 1. The first-order valence-electron chi connectivity index (χ1n) is 7.87. The molecule has 2 unspecified atom stereocenters. The maximum absolute atomic E-state index is 12.3. The van der Waals surface area contributed by atoms with Crippen molar-refractivity contribution in [1.82, 2.24) is 20.1 Å². The second-order valence-corrected chi connectivity index (χ2v) is 6.60. The Labute approximate surface area is 126 Å². The summed E-state index contributed by atoms with van der Waals surface area (Å²) in [5, 5.41) is 7.60. The summed E-state index contributed by atoms with van der Waals surface area (Å²) in [4.78, 5) is 16.8. The summed E-state index contributed by atoms with van der Waals surface area (Å²) >= 11 is 0. The molecule has 1 amide bonds. The van der Waals surface area contributed by atoms with Gasteiger partial charge in [0.15, 0.2) is 5.82 Å². The lowest BCUT2D eigenvalue weighted by Crippen LogP contribution is -2.55. The first-order valence-corrected chi connectivity index (χ1v) is 7.87. The van der Waals surface area contributed by atoms with Gasteiger partial charge in [-0.25, -0.2) is 9.67 Å². The van der Waals surface area contributed by atoms with Crippen LogP contribution in [0.3, 0.4) is 0 Å². The summed E-state index contributed by atoms with van der Waals surface area (Å²) in [7, 11) is 0. The third-order valence-electron chi connectivity index (χ3n) is 4.01. The van der Waals surface area contributed by atoms with Gasteiger partial charge in [0.05, 0.1) is 12.1 Å². The van der Waals surface area contributed by atoms with Crippen molar-refractivity contribution in [1.29, 1.82) is 0 Å². The third kappa shape index (κ3) is 3.61. The summed E-state index contributed by atoms with van der Waals surface area (Å²) in [5.74, 6) is 2.16. The minimum absolute atomic E-state index is 0.0676. The van der Waals surface area contributed by atoms with Crippen molar-refractivity contribution in [2.45, 2.75) is 77.4 Å². The highest BCUT2D eigenvalue weighted by molar-refractivity contribution is 5.85. The first-order chi connectivity index (χ1) is 9.83. The third-order valence-corrected chi connectivity index (χ3v) is 4.01. The molecule has 2 atom stereocenters. The Morgan fingerprint density at radius 2 is 2.29 bits per heavy atom. The van der Waals surface area contributed by atoms with E-state index in [1.165, 1.54) is 0 Å². The Morgan fingerprint density at radius 3 is 2.90 bits per heavy atom. The standard InChI is InChI=1S/C15H27N5O/c1-5-8-15(4,16)14(21)17-11-6-7-12-18-13(10(2)3)19-20(12)9-11/h10-11H,5-9,16H2,1-4H3,(H,17,21). The lowest BCUT2D eigenvalue weighted by molar-refractivity contribution is -0.127. The van der Waals surface area contributed by atoms with Gasteiger partial charge in [-0.05, 0) is 19.8 Å². The second-order valence-electron chi connectivity index (χ2n) is 6.60. The van der Waals surface area contributed by atoms with Crippen molar-refractivity contribution in [3.63, 3.8) is 0 Å². The maximum atomic E-state index is 12.3. The van der Waals surface area contributed by atoms with Gasteiger partial charge in [-0.1, -0.05) is 27.2 Å². The molecule has 3 N–H and O–H groups in total. The van der Waals surface area contributed by atoms with Gasteiger partial charge in [-0.3, -0.25) is 4.79 Å². The monoisotopic (exact) mass is 293 g/mol. The van der Waals surface area contributed by atoms with E-state index in [1.807, 2.05) is 11.6 Å². The number of hydrogen-bond acceptors (Lipinski definition) is 4. The molecule has 1 aromatic rings. The van der Waals surface area contributed by atoms with Crippen LogP contribution in [0.1, 0.15) is 64.5 Å². The van der Waals surface area contributed by atoms with Crippen molar-refractivity contribution in [2.75, 3.05) is 0 Å². The van der Waals surface area contributed by atoms with E-state index in [9.17, 15) is 4.79 Å². The van der Waals surface area contributed by atoms with E-state index in [0.717, 1.165) is 30.9 Å². The molecule has 1 aromatic heterocycles. The number of amides is 1. The number of nitrogens with zero attached hydrogens (tertiary/aromatic N) is 3. The number of carbonyl (C=O) groups excluding carboxylic acids is 1. The van der Waals surface area contributed by atoms with Crippen molar-refractivity contribution in [2.24, 2.45) is 5.73 Å². The van der Waals surface area contributed by atoms with Gasteiger partial charge >= 0.3 is 0 Å². The number of rotatable bonds is 5. The highest BCUT2D eigenvalue weighted by atomic mass is 16.2. The van der Waals surface area contributed by atoms with Crippen molar-refractivity contribution in [3.05, 3.63) is 11.6 Å². The van der Waals surface area contributed by atoms with Crippen LogP contribution in [-0.2, 0) is 17.8 Å². The zero-order valence-corrected chi connectivity index (χ0v) is 13.5. The van der Waals surface area contributed by atoms with Gasteiger partial charge < -0.3 is 11.1 Å². The molecule has 21 heavy (non-hydrogen) atoms. The van der Waals surface area contributed by atoms with Crippen molar-refractivity contribution < 1.29 is 4.79 Å². The molecule has 2 heterocycles. The molecule has 118 valence electrons.